The zero-order valence-corrected chi connectivity index (χ0v) is 8.32. The molecule has 2 rings (SSSR count). The molecule has 0 unspecified atom stereocenters. The number of ether oxygens (including phenoxy) is 1. The van der Waals surface area contributed by atoms with Crippen LogP contribution in [-0.4, -0.2) is 22.1 Å². The fourth-order valence-corrected chi connectivity index (χ4v) is 1.79. The van der Waals surface area contributed by atoms with Gasteiger partial charge >= 0.3 is 5.97 Å². The van der Waals surface area contributed by atoms with Gasteiger partial charge in [-0.3, -0.25) is 0 Å². The number of nitrogens with zero attached hydrogens (tertiary/aromatic N) is 2. The highest BCUT2D eigenvalue weighted by Gasteiger charge is 2.19. The van der Waals surface area contributed by atoms with E-state index in [1.807, 2.05) is 4.57 Å². The highest BCUT2D eigenvalue weighted by Crippen LogP contribution is 2.16. The van der Waals surface area contributed by atoms with Crippen LogP contribution in [0, 0.1) is 0 Å². The summed E-state index contributed by atoms with van der Waals surface area (Å²) >= 11 is 0. The Labute approximate surface area is 82.9 Å². The van der Waals surface area contributed by atoms with Crippen LogP contribution in [0.4, 0.5) is 0 Å². The molecule has 0 aromatic carbocycles. The van der Waals surface area contributed by atoms with Gasteiger partial charge in [0.15, 0.2) is 0 Å². The van der Waals surface area contributed by atoms with Gasteiger partial charge < -0.3 is 9.30 Å². The second-order valence-corrected chi connectivity index (χ2v) is 3.40. The van der Waals surface area contributed by atoms with Gasteiger partial charge in [0.1, 0.15) is 0 Å². The van der Waals surface area contributed by atoms with Gasteiger partial charge in [0.25, 0.3) is 0 Å². The first-order valence-electron chi connectivity index (χ1n) is 5.04. The van der Waals surface area contributed by atoms with E-state index < -0.39 is 0 Å². The summed E-state index contributed by atoms with van der Waals surface area (Å²) in [4.78, 5) is 15.6. The average Bonchev–Trinajstić information content (AvgIpc) is 2.61. The molecule has 4 heteroatoms. The number of carbonyl (C=O) groups is 1. The van der Waals surface area contributed by atoms with Crippen molar-refractivity contribution in [2.45, 2.75) is 32.7 Å². The van der Waals surface area contributed by atoms with E-state index in [1.165, 1.54) is 6.42 Å². The van der Waals surface area contributed by atoms with Crippen molar-refractivity contribution in [2.24, 2.45) is 0 Å². The third-order valence-corrected chi connectivity index (χ3v) is 2.46. The maximum atomic E-state index is 11.5. The summed E-state index contributed by atoms with van der Waals surface area (Å²) in [5.74, 6) is 0.155. The van der Waals surface area contributed by atoms with Crippen molar-refractivity contribution in [2.75, 3.05) is 6.61 Å². The van der Waals surface area contributed by atoms with Crippen LogP contribution in [0.3, 0.4) is 0 Å². The van der Waals surface area contributed by atoms with E-state index >= 15 is 0 Å². The Hall–Kier alpha value is -1.32. The van der Waals surface area contributed by atoms with Gasteiger partial charge in [-0.05, 0) is 26.2 Å². The van der Waals surface area contributed by atoms with Gasteiger partial charge in [-0.25, -0.2) is 9.78 Å². The molecule has 1 aliphatic heterocycles. The van der Waals surface area contributed by atoms with Crippen LogP contribution in [0.1, 0.15) is 36.1 Å². The lowest BCUT2D eigenvalue weighted by Crippen LogP contribution is -2.17. The molecule has 0 radical (unpaired) electrons. The lowest BCUT2D eigenvalue weighted by Gasteiger charge is -2.15. The Kier molecular flexibility index (Phi) is 2.52. The number of carbonyl (C=O) groups excluding carboxylic acids is 1. The standard InChI is InChI=1S/C10H14N2O2/c1-2-14-10(13)9-11-7-8-5-3-4-6-12(8)9/h7H,2-6H2,1H3. The maximum absolute atomic E-state index is 11.5. The molecule has 0 amide bonds. The number of imidazole rings is 1. The van der Waals surface area contributed by atoms with E-state index in [9.17, 15) is 4.79 Å². The number of aromatic nitrogens is 2. The van der Waals surface area contributed by atoms with Crippen LogP contribution in [-0.2, 0) is 17.7 Å². The first-order chi connectivity index (χ1) is 6.83. The molecule has 0 fully saturated rings. The van der Waals surface area contributed by atoms with E-state index in [4.69, 9.17) is 4.74 Å². The Morgan fingerprint density at radius 1 is 1.64 bits per heavy atom. The van der Waals surface area contributed by atoms with E-state index in [1.54, 1.807) is 13.1 Å². The van der Waals surface area contributed by atoms with Crippen molar-refractivity contribution in [3.63, 3.8) is 0 Å². The zero-order valence-electron chi connectivity index (χ0n) is 8.32. The smallest absolute Gasteiger partial charge is 0.374 e. The fourth-order valence-electron chi connectivity index (χ4n) is 1.79. The van der Waals surface area contributed by atoms with Crippen molar-refractivity contribution in [1.82, 2.24) is 9.55 Å². The molecule has 0 aliphatic carbocycles. The van der Waals surface area contributed by atoms with Crippen LogP contribution < -0.4 is 0 Å². The van der Waals surface area contributed by atoms with Crippen molar-refractivity contribution >= 4 is 5.97 Å². The summed E-state index contributed by atoms with van der Waals surface area (Å²) in [6.07, 6.45) is 5.11. The summed E-state index contributed by atoms with van der Waals surface area (Å²) in [6, 6.07) is 0. The quantitative estimate of drug-likeness (QED) is 0.668. The minimum atomic E-state index is -0.305. The Morgan fingerprint density at radius 2 is 2.50 bits per heavy atom. The molecule has 2 heterocycles. The third kappa shape index (κ3) is 1.52. The highest BCUT2D eigenvalue weighted by atomic mass is 16.5. The summed E-state index contributed by atoms with van der Waals surface area (Å²) in [7, 11) is 0. The number of esters is 1. The van der Waals surface area contributed by atoms with Gasteiger partial charge in [0, 0.05) is 18.4 Å². The number of rotatable bonds is 2. The van der Waals surface area contributed by atoms with Crippen LogP contribution >= 0.6 is 0 Å². The first kappa shape index (κ1) is 9.24. The molecule has 76 valence electrons. The monoisotopic (exact) mass is 194 g/mol. The number of hydrogen-bond acceptors (Lipinski definition) is 3. The van der Waals surface area contributed by atoms with E-state index in [0.29, 0.717) is 12.4 Å². The predicted octanol–water partition coefficient (Wildman–Crippen LogP) is 1.40. The van der Waals surface area contributed by atoms with Gasteiger partial charge in [-0.2, -0.15) is 0 Å². The topological polar surface area (TPSA) is 44.1 Å². The summed E-state index contributed by atoms with van der Waals surface area (Å²) in [5, 5.41) is 0. The van der Waals surface area contributed by atoms with Crippen molar-refractivity contribution in [3.8, 4) is 0 Å². The summed E-state index contributed by atoms with van der Waals surface area (Å²) < 4.78 is 6.90. The van der Waals surface area contributed by atoms with Gasteiger partial charge in [0.05, 0.1) is 6.61 Å². The Morgan fingerprint density at radius 3 is 3.29 bits per heavy atom. The van der Waals surface area contributed by atoms with Crippen LogP contribution in [0.2, 0.25) is 0 Å². The molecule has 0 bridgehead atoms. The zero-order chi connectivity index (χ0) is 9.97. The molecule has 1 aromatic rings. The lowest BCUT2D eigenvalue weighted by atomic mass is 10.1. The molecule has 0 N–H and O–H groups in total. The maximum Gasteiger partial charge on any atom is 0.374 e. The molecule has 1 aliphatic rings. The van der Waals surface area contributed by atoms with E-state index in [2.05, 4.69) is 4.98 Å². The molecule has 0 saturated heterocycles. The molecule has 4 nitrogen and oxygen atoms in total. The SMILES string of the molecule is CCOC(=O)c1ncc2n1CCCC2. The minimum absolute atomic E-state index is 0.305. The second-order valence-electron chi connectivity index (χ2n) is 3.40. The highest BCUT2D eigenvalue weighted by molar-refractivity contribution is 5.85. The van der Waals surface area contributed by atoms with Crippen molar-refractivity contribution in [3.05, 3.63) is 17.7 Å². The van der Waals surface area contributed by atoms with E-state index in [0.717, 1.165) is 25.1 Å². The number of aryl methyl sites for hydroxylation is 1. The van der Waals surface area contributed by atoms with Crippen LogP contribution in [0.5, 0.6) is 0 Å². The van der Waals surface area contributed by atoms with Gasteiger partial charge in [-0.15, -0.1) is 0 Å². The number of fused-ring (bicyclic) bond motifs is 1. The van der Waals surface area contributed by atoms with Crippen LogP contribution in [0.25, 0.3) is 0 Å². The fraction of sp³-hybridized carbons (Fsp3) is 0.600. The first-order valence-corrected chi connectivity index (χ1v) is 5.04. The molecule has 0 saturated carbocycles. The summed E-state index contributed by atoms with van der Waals surface area (Å²) in [5.41, 5.74) is 1.15. The Bertz CT molecular complexity index is 344. The Balaban J connectivity index is 2.25. The average molecular weight is 194 g/mol. The minimum Gasteiger partial charge on any atom is -0.460 e. The largest absolute Gasteiger partial charge is 0.460 e. The molecule has 0 spiro atoms. The third-order valence-electron chi connectivity index (χ3n) is 2.46. The van der Waals surface area contributed by atoms with Crippen molar-refractivity contribution < 1.29 is 9.53 Å². The molecular formula is C10H14N2O2. The number of hydrogen-bond donors (Lipinski definition) is 0. The van der Waals surface area contributed by atoms with E-state index in [-0.39, 0.29) is 5.97 Å². The van der Waals surface area contributed by atoms with Crippen LogP contribution in [0.15, 0.2) is 6.20 Å². The summed E-state index contributed by atoms with van der Waals surface area (Å²) in [6.45, 7) is 3.10. The molecule has 1 aromatic heterocycles. The normalized spacial score (nSPS) is 14.9. The lowest BCUT2D eigenvalue weighted by molar-refractivity contribution is 0.0505. The second kappa shape index (κ2) is 3.82. The van der Waals surface area contributed by atoms with Gasteiger partial charge in [-0.1, -0.05) is 0 Å². The van der Waals surface area contributed by atoms with Gasteiger partial charge in [0.2, 0.25) is 5.82 Å². The molecule has 0 atom stereocenters. The molecule has 14 heavy (non-hydrogen) atoms. The van der Waals surface area contributed by atoms with Crippen molar-refractivity contribution in [1.29, 1.82) is 0 Å². The molecular weight excluding hydrogens is 180 g/mol. The predicted molar refractivity (Wildman–Crippen MR) is 51.1 cm³/mol.